The zero-order chi connectivity index (χ0) is 25.2. The van der Waals surface area contributed by atoms with Crippen LogP contribution in [0, 0.1) is 23.4 Å². The zero-order valence-corrected chi connectivity index (χ0v) is 20.7. The Bertz CT molecular complexity index is 1270. The van der Waals surface area contributed by atoms with Crippen LogP contribution in [-0.2, 0) is 27.8 Å². The Labute approximate surface area is 206 Å². The smallest absolute Gasteiger partial charge is 0.268 e. The molecule has 2 heterocycles. The van der Waals surface area contributed by atoms with E-state index in [0.717, 1.165) is 35.6 Å². The largest absolute Gasteiger partial charge is 0.381 e. The van der Waals surface area contributed by atoms with E-state index in [1.54, 1.807) is 12.1 Å². The highest BCUT2D eigenvalue weighted by molar-refractivity contribution is 7.92. The molecule has 2 atom stereocenters. The van der Waals surface area contributed by atoms with E-state index in [1.807, 2.05) is 16.7 Å². The van der Waals surface area contributed by atoms with E-state index in [4.69, 9.17) is 4.74 Å². The van der Waals surface area contributed by atoms with Gasteiger partial charge in [0.05, 0.1) is 18.2 Å². The molecule has 2 unspecified atom stereocenters. The van der Waals surface area contributed by atoms with Crippen molar-refractivity contribution in [1.82, 2.24) is 9.88 Å². The molecule has 7 nitrogen and oxygen atoms in total. The van der Waals surface area contributed by atoms with E-state index in [2.05, 4.69) is 17.2 Å². The number of halogens is 3. The van der Waals surface area contributed by atoms with E-state index in [-0.39, 0.29) is 24.2 Å². The summed E-state index contributed by atoms with van der Waals surface area (Å²) in [6.07, 6.45) is 0.140. The van der Waals surface area contributed by atoms with Gasteiger partial charge in [-0.2, -0.15) is 0 Å². The van der Waals surface area contributed by atoms with Gasteiger partial charge in [0.15, 0.2) is 10.7 Å². The molecule has 0 saturated carbocycles. The molecule has 1 fully saturated rings. The van der Waals surface area contributed by atoms with Gasteiger partial charge in [-0.15, -0.1) is 11.3 Å². The molecule has 1 aliphatic heterocycles. The van der Waals surface area contributed by atoms with Gasteiger partial charge in [0.1, 0.15) is 17.5 Å². The van der Waals surface area contributed by atoms with E-state index in [0.29, 0.717) is 24.6 Å². The molecule has 4 rings (SSSR count). The fourth-order valence-electron chi connectivity index (χ4n) is 3.83. The van der Waals surface area contributed by atoms with Gasteiger partial charge >= 0.3 is 0 Å². The van der Waals surface area contributed by atoms with E-state index < -0.39 is 32.4 Å². The average Bonchev–Trinajstić information content (AvgIpc) is 3.27. The Hall–Kier alpha value is -2.67. The minimum absolute atomic E-state index is 0.0214. The number of ether oxygens (including phenoxy) is 1. The van der Waals surface area contributed by atoms with Crippen molar-refractivity contribution in [1.29, 1.82) is 0 Å². The molecule has 0 amide bonds. The Morgan fingerprint density at radius 2 is 1.94 bits per heavy atom. The molecule has 0 radical (unpaired) electrons. The minimum atomic E-state index is -4.53. The van der Waals surface area contributed by atoms with Crippen LogP contribution in [0.25, 0.3) is 0 Å². The van der Waals surface area contributed by atoms with E-state index in [9.17, 15) is 21.6 Å². The lowest BCUT2D eigenvalue weighted by molar-refractivity contribution is -0.116. The summed E-state index contributed by atoms with van der Waals surface area (Å²) in [5.41, 5.74) is 2.43. The molecule has 188 valence electrons. The summed E-state index contributed by atoms with van der Waals surface area (Å²) in [4.78, 5) is 4.68. The summed E-state index contributed by atoms with van der Waals surface area (Å²) in [5.74, 6) is -2.58. The maximum atomic E-state index is 14.7. The predicted molar refractivity (Wildman–Crippen MR) is 128 cm³/mol. The topological polar surface area (TPSA) is 83.6 Å². The van der Waals surface area contributed by atoms with Gasteiger partial charge in [-0.1, -0.05) is 19.1 Å². The van der Waals surface area contributed by atoms with Crippen LogP contribution in [0.1, 0.15) is 18.1 Å². The normalized spacial score (nSPS) is 17.9. The quantitative estimate of drug-likeness (QED) is 0.407. The van der Waals surface area contributed by atoms with E-state index in [1.165, 1.54) is 17.0 Å². The monoisotopic (exact) mass is 526 g/mol. The van der Waals surface area contributed by atoms with Crippen LogP contribution in [0.2, 0.25) is 0 Å². The first-order chi connectivity index (χ1) is 16.6. The standard InChI is InChI=1S/C23H25F3N4O3S2/c1-14-11-33-21(14)10-30(2)9-15-4-3-5-18(24)17(15)8-27-16-6-19(25)23(20(26)7-16)35(31,32)29-22-12-34-13-28-22/h3-7,12-14,21,27,29H,8-11H2,1-2H3. The van der Waals surface area contributed by atoms with Crippen LogP contribution in [0.3, 0.4) is 0 Å². The first kappa shape index (κ1) is 25.4. The zero-order valence-electron chi connectivity index (χ0n) is 19.1. The molecular weight excluding hydrogens is 501 g/mol. The van der Waals surface area contributed by atoms with Gasteiger partial charge in [0.2, 0.25) is 0 Å². The first-order valence-corrected chi connectivity index (χ1v) is 13.3. The lowest BCUT2D eigenvalue weighted by Gasteiger charge is -2.37. The third-order valence-corrected chi connectivity index (χ3v) is 7.75. The van der Waals surface area contributed by atoms with Crippen molar-refractivity contribution in [2.45, 2.75) is 31.0 Å². The Kier molecular flexibility index (Phi) is 7.64. The molecule has 0 aliphatic carbocycles. The number of benzene rings is 2. The lowest BCUT2D eigenvalue weighted by atomic mass is 9.99. The second-order valence-corrected chi connectivity index (χ2v) is 10.9. The molecule has 1 aliphatic rings. The lowest BCUT2D eigenvalue weighted by Crippen LogP contribution is -2.45. The van der Waals surface area contributed by atoms with Crippen molar-refractivity contribution >= 4 is 32.9 Å². The summed E-state index contributed by atoms with van der Waals surface area (Å²) in [6.45, 7) is 3.97. The number of nitrogens with zero attached hydrogens (tertiary/aromatic N) is 2. The number of thiazole rings is 1. The second kappa shape index (κ2) is 10.5. The maximum Gasteiger partial charge on any atom is 0.268 e. The Balaban J connectivity index is 1.48. The maximum absolute atomic E-state index is 14.7. The molecule has 0 bridgehead atoms. The van der Waals surface area contributed by atoms with Crippen LogP contribution in [0.5, 0.6) is 0 Å². The molecule has 0 spiro atoms. The van der Waals surface area contributed by atoms with Crippen molar-refractivity contribution in [3.63, 3.8) is 0 Å². The summed E-state index contributed by atoms with van der Waals surface area (Å²) in [6, 6.07) is 6.45. The highest BCUT2D eigenvalue weighted by Crippen LogP contribution is 2.27. The van der Waals surface area contributed by atoms with Crippen molar-refractivity contribution in [2.75, 3.05) is 30.2 Å². The number of anilines is 2. The Morgan fingerprint density at radius 1 is 1.20 bits per heavy atom. The highest BCUT2D eigenvalue weighted by atomic mass is 32.2. The van der Waals surface area contributed by atoms with Crippen LogP contribution in [0.4, 0.5) is 24.7 Å². The van der Waals surface area contributed by atoms with Crippen LogP contribution in [-0.4, -0.2) is 44.6 Å². The fourth-order valence-corrected chi connectivity index (χ4v) is 5.51. The van der Waals surface area contributed by atoms with Gasteiger partial charge in [-0.3, -0.25) is 9.62 Å². The second-order valence-electron chi connectivity index (χ2n) is 8.53. The van der Waals surface area contributed by atoms with Crippen LogP contribution < -0.4 is 10.0 Å². The van der Waals surface area contributed by atoms with Crippen molar-refractivity contribution < 1.29 is 26.3 Å². The number of aromatic nitrogens is 1. The van der Waals surface area contributed by atoms with Gasteiger partial charge in [-0.25, -0.2) is 26.6 Å². The van der Waals surface area contributed by atoms with Gasteiger partial charge in [-0.05, 0) is 30.8 Å². The molecule has 12 heteroatoms. The van der Waals surface area contributed by atoms with Crippen LogP contribution in [0.15, 0.2) is 46.1 Å². The van der Waals surface area contributed by atoms with Crippen molar-refractivity contribution in [2.24, 2.45) is 5.92 Å². The van der Waals surface area contributed by atoms with Crippen molar-refractivity contribution in [3.8, 4) is 0 Å². The van der Waals surface area contributed by atoms with Gasteiger partial charge < -0.3 is 10.1 Å². The molecule has 1 saturated heterocycles. The number of nitrogens with one attached hydrogen (secondary N) is 2. The van der Waals surface area contributed by atoms with Crippen LogP contribution >= 0.6 is 11.3 Å². The molecule has 2 N–H and O–H groups in total. The molecule has 1 aromatic heterocycles. The number of sulfonamides is 1. The number of likely N-dealkylation sites (N-methyl/N-ethyl adjacent to an activating group) is 1. The van der Waals surface area contributed by atoms with Gasteiger partial charge in [0, 0.05) is 42.2 Å². The fraction of sp³-hybridized carbons (Fsp3) is 0.348. The molecule has 3 aromatic rings. The number of hydrogen-bond acceptors (Lipinski definition) is 7. The first-order valence-electron chi connectivity index (χ1n) is 10.8. The number of hydrogen-bond donors (Lipinski definition) is 2. The van der Waals surface area contributed by atoms with Gasteiger partial charge in [0.25, 0.3) is 10.0 Å². The highest BCUT2D eigenvalue weighted by Gasteiger charge is 2.29. The SMILES string of the molecule is CC1COC1CN(C)Cc1cccc(F)c1CNc1cc(F)c(S(=O)(=O)Nc2cscn2)c(F)c1. The summed E-state index contributed by atoms with van der Waals surface area (Å²) < 4.78 is 76.4. The predicted octanol–water partition coefficient (Wildman–Crippen LogP) is 4.44. The number of rotatable bonds is 10. The molecule has 35 heavy (non-hydrogen) atoms. The Morgan fingerprint density at radius 3 is 2.54 bits per heavy atom. The molecular formula is C23H25F3N4O3S2. The van der Waals surface area contributed by atoms with Crippen molar-refractivity contribution in [3.05, 3.63) is 69.8 Å². The summed E-state index contributed by atoms with van der Waals surface area (Å²) >= 11 is 1.13. The summed E-state index contributed by atoms with van der Waals surface area (Å²) in [5, 5.41) is 4.20. The summed E-state index contributed by atoms with van der Waals surface area (Å²) in [7, 11) is -2.61. The minimum Gasteiger partial charge on any atom is -0.381 e. The average molecular weight is 527 g/mol. The van der Waals surface area contributed by atoms with E-state index >= 15 is 0 Å². The third kappa shape index (κ3) is 5.95. The molecule has 2 aromatic carbocycles. The third-order valence-electron chi connectivity index (χ3n) is 5.76.